The number of carbonyl (C=O) groups excluding carboxylic acids is 2. The molecule has 118 valence electrons. The number of hydrogen-bond acceptors (Lipinski definition) is 4. The maximum Gasteiger partial charge on any atom is 0.328 e. The lowest BCUT2D eigenvalue weighted by atomic mass is 10.1. The standard InChI is InChI=1S/C15H18N2O4S/c1-10(14(19)20)16-9-12(18)17(15(16)21)13(22)8-7-11-5-3-2-4-6-11/h2-6,10,13,22H,7-9H2,1H3,(H,19,20)/t10-,13?/m0/s1. The van der Waals surface area contributed by atoms with Crippen molar-refractivity contribution in [1.82, 2.24) is 9.80 Å². The third-order valence-corrected chi connectivity index (χ3v) is 4.17. The van der Waals surface area contributed by atoms with Gasteiger partial charge >= 0.3 is 12.0 Å². The van der Waals surface area contributed by atoms with E-state index in [2.05, 4.69) is 12.6 Å². The highest BCUT2D eigenvalue weighted by molar-refractivity contribution is 7.80. The number of amides is 3. The lowest BCUT2D eigenvalue weighted by Gasteiger charge is -2.24. The molecule has 1 aliphatic heterocycles. The molecule has 3 amide bonds. The van der Waals surface area contributed by atoms with Gasteiger partial charge < -0.3 is 10.0 Å². The first-order valence-electron chi connectivity index (χ1n) is 6.99. The van der Waals surface area contributed by atoms with Crippen LogP contribution in [0.2, 0.25) is 0 Å². The molecule has 1 aromatic rings. The predicted octanol–water partition coefficient (Wildman–Crippen LogP) is 1.61. The SMILES string of the molecule is C[C@@H](C(=O)O)N1CC(=O)N(C(S)CCc2ccccc2)C1=O. The molecular weight excluding hydrogens is 304 g/mol. The fraction of sp³-hybridized carbons (Fsp3) is 0.400. The minimum Gasteiger partial charge on any atom is -0.480 e. The van der Waals surface area contributed by atoms with Gasteiger partial charge in [-0.1, -0.05) is 30.3 Å². The number of benzene rings is 1. The minimum atomic E-state index is -1.14. The van der Waals surface area contributed by atoms with Crippen molar-refractivity contribution in [1.29, 1.82) is 0 Å². The fourth-order valence-electron chi connectivity index (χ4n) is 2.33. The first-order valence-corrected chi connectivity index (χ1v) is 7.51. The van der Waals surface area contributed by atoms with Gasteiger partial charge in [-0.3, -0.25) is 9.69 Å². The van der Waals surface area contributed by atoms with Crippen molar-refractivity contribution in [3.8, 4) is 0 Å². The molecule has 1 saturated heterocycles. The van der Waals surface area contributed by atoms with E-state index in [0.29, 0.717) is 12.8 Å². The summed E-state index contributed by atoms with van der Waals surface area (Å²) in [7, 11) is 0. The number of imide groups is 1. The van der Waals surface area contributed by atoms with Crippen LogP contribution in [0.25, 0.3) is 0 Å². The largest absolute Gasteiger partial charge is 0.480 e. The summed E-state index contributed by atoms with van der Waals surface area (Å²) in [6, 6.07) is 8.07. The number of urea groups is 1. The first kappa shape index (κ1) is 16.4. The molecule has 22 heavy (non-hydrogen) atoms. The van der Waals surface area contributed by atoms with Gasteiger partial charge in [0.25, 0.3) is 5.91 Å². The third-order valence-electron chi connectivity index (χ3n) is 3.68. The lowest BCUT2D eigenvalue weighted by molar-refractivity contribution is -0.141. The number of aliphatic carboxylic acids is 1. The Hall–Kier alpha value is -2.02. The Morgan fingerprint density at radius 3 is 2.55 bits per heavy atom. The average Bonchev–Trinajstić information content (AvgIpc) is 2.80. The molecule has 1 aliphatic rings. The van der Waals surface area contributed by atoms with Crippen molar-refractivity contribution in [2.24, 2.45) is 0 Å². The van der Waals surface area contributed by atoms with Gasteiger partial charge in [0.1, 0.15) is 12.6 Å². The molecule has 0 aromatic heterocycles. The fourth-order valence-corrected chi connectivity index (χ4v) is 2.69. The Morgan fingerprint density at radius 1 is 1.32 bits per heavy atom. The Balaban J connectivity index is 2.00. The molecule has 1 unspecified atom stereocenters. The first-order chi connectivity index (χ1) is 10.4. The van der Waals surface area contributed by atoms with Crippen LogP contribution in [0.4, 0.5) is 4.79 Å². The van der Waals surface area contributed by atoms with E-state index in [0.717, 1.165) is 15.4 Å². The Bertz CT molecular complexity index is 578. The van der Waals surface area contributed by atoms with Crippen molar-refractivity contribution in [2.75, 3.05) is 6.54 Å². The molecule has 1 N–H and O–H groups in total. The molecule has 0 radical (unpaired) electrons. The van der Waals surface area contributed by atoms with Crippen molar-refractivity contribution in [3.63, 3.8) is 0 Å². The number of aryl methyl sites for hydroxylation is 1. The summed E-state index contributed by atoms with van der Waals surface area (Å²) >= 11 is 4.35. The zero-order chi connectivity index (χ0) is 16.3. The normalized spacial score (nSPS) is 17.7. The van der Waals surface area contributed by atoms with Gasteiger partial charge in [0.15, 0.2) is 0 Å². The molecule has 0 spiro atoms. The van der Waals surface area contributed by atoms with E-state index < -0.39 is 29.3 Å². The highest BCUT2D eigenvalue weighted by Gasteiger charge is 2.42. The Labute approximate surface area is 134 Å². The van der Waals surface area contributed by atoms with E-state index in [1.165, 1.54) is 6.92 Å². The minimum absolute atomic E-state index is 0.214. The summed E-state index contributed by atoms with van der Waals surface area (Å²) in [4.78, 5) is 37.3. The quantitative estimate of drug-likeness (QED) is 0.616. The van der Waals surface area contributed by atoms with Gasteiger partial charge in [0, 0.05) is 0 Å². The Kier molecular flexibility index (Phi) is 5.07. The number of hydrogen-bond donors (Lipinski definition) is 2. The van der Waals surface area contributed by atoms with Crippen molar-refractivity contribution >= 4 is 30.5 Å². The third kappa shape index (κ3) is 3.41. The zero-order valence-corrected chi connectivity index (χ0v) is 13.1. The van der Waals surface area contributed by atoms with Gasteiger partial charge in [0.2, 0.25) is 0 Å². The molecule has 7 heteroatoms. The highest BCUT2D eigenvalue weighted by Crippen LogP contribution is 2.22. The lowest BCUT2D eigenvalue weighted by Crippen LogP contribution is -2.43. The van der Waals surface area contributed by atoms with Crippen molar-refractivity contribution in [2.45, 2.75) is 31.2 Å². The summed E-state index contributed by atoms with van der Waals surface area (Å²) in [5.74, 6) is -1.55. The molecule has 0 aliphatic carbocycles. The van der Waals surface area contributed by atoms with Crippen LogP contribution in [0.5, 0.6) is 0 Å². The monoisotopic (exact) mass is 322 g/mol. The van der Waals surface area contributed by atoms with E-state index in [1.807, 2.05) is 30.3 Å². The van der Waals surface area contributed by atoms with E-state index in [4.69, 9.17) is 5.11 Å². The van der Waals surface area contributed by atoms with Crippen LogP contribution in [0.1, 0.15) is 18.9 Å². The molecular formula is C15H18N2O4S. The second-order valence-electron chi connectivity index (χ2n) is 5.19. The number of carboxylic acid groups (broad SMARTS) is 1. The molecule has 6 nitrogen and oxygen atoms in total. The van der Waals surface area contributed by atoms with Crippen LogP contribution >= 0.6 is 12.6 Å². The second kappa shape index (κ2) is 6.83. The zero-order valence-electron chi connectivity index (χ0n) is 12.2. The summed E-state index contributed by atoms with van der Waals surface area (Å²) in [5.41, 5.74) is 1.09. The van der Waals surface area contributed by atoms with Crippen molar-refractivity contribution < 1.29 is 19.5 Å². The van der Waals surface area contributed by atoms with Crippen LogP contribution in [0.3, 0.4) is 0 Å². The number of nitrogens with zero attached hydrogens (tertiary/aromatic N) is 2. The van der Waals surface area contributed by atoms with Gasteiger partial charge in [-0.25, -0.2) is 9.59 Å². The summed E-state index contributed by atoms with van der Waals surface area (Å²) in [5, 5.41) is 8.42. The van der Waals surface area contributed by atoms with Crippen molar-refractivity contribution in [3.05, 3.63) is 35.9 Å². The molecule has 2 atom stereocenters. The average molecular weight is 322 g/mol. The topological polar surface area (TPSA) is 77.9 Å². The van der Waals surface area contributed by atoms with Gasteiger partial charge in [-0.05, 0) is 25.3 Å². The molecule has 1 fully saturated rings. The van der Waals surface area contributed by atoms with Gasteiger partial charge in [-0.2, -0.15) is 12.6 Å². The smallest absolute Gasteiger partial charge is 0.328 e. The van der Waals surface area contributed by atoms with Gasteiger partial charge in [-0.15, -0.1) is 0 Å². The molecule has 1 aromatic carbocycles. The maximum atomic E-state index is 12.2. The number of thiol groups is 1. The van der Waals surface area contributed by atoms with E-state index in [1.54, 1.807) is 0 Å². The summed E-state index contributed by atoms with van der Waals surface area (Å²) in [6.07, 6.45) is 1.19. The highest BCUT2D eigenvalue weighted by atomic mass is 32.1. The van der Waals surface area contributed by atoms with Crippen LogP contribution in [0, 0.1) is 0 Å². The van der Waals surface area contributed by atoms with E-state index in [-0.39, 0.29) is 6.54 Å². The predicted molar refractivity (Wildman–Crippen MR) is 83.6 cm³/mol. The number of carboxylic acids is 1. The van der Waals surface area contributed by atoms with Gasteiger partial charge in [0.05, 0.1) is 5.37 Å². The maximum absolute atomic E-state index is 12.2. The van der Waals surface area contributed by atoms with Crippen LogP contribution in [-0.4, -0.2) is 50.8 Å². The molecule has 0 bridgehead atoms. The molecule has 0 saturated carbocycles. The number of carbonyl (C=O) groups is 3. The van der Waals surface area contributed by atoms with Crippen LogP contribution in [0.15, 0.2) is 30.3 Å². The van der Waals surface area contributed by atoms with E-state index in [9.17, 15) is 14.4 Å². The molecule has 2 rings (SSSR count). The Morgan fingerprint density at radius 2 is 1.95 bits per heavy atom. The van der Waals surface area contributed by atoms with E-state index >= 15 is 0 Å². The second-order valence-corrected chi connectivity index (χ2v) is 5.79. The van der Waals surface area contributed by atoms with Crippen LogP contribution < -0.4 is 0 Å². The summed E-state index contributed by atoms with van der Waals surface area (Å²) < 4.78 is 0. The van der Waals surface area contributed by atoms with Crippen LogP contribution in [-0.2, 0) is 16.0 Å². The summed E-state index contributed by atoms with van der Waals surface area (Å²) in [6.45, 7) is 1.17. The number of rotatable bonds is 6. The molecule has 1 heterocycles.